The Kier molecular flexibility index (Phi) is 4.52. The number of ether oxygens (including phenoxy) is 1. The minimum Gasteiger partial charge on any atom is -0.497 e. The SMILES string of the molecule is COc1ccc2[nH]c(CNC(=O)c3ccc(Cn4cnnn4)cc3)cc2c1. The van der Waals surface area contributed by atoms with Crippen LogP contribution in [-0.4, -0.2) is 38.2 Å². The van der Waals surface area contributed by atoms with Crippen molar-refractivity contribution in [3.05, 3.63) is 71.7 Å². The number of tetrazole rings is 1. The van der Waals surface area contributed by atoms with Gasteiger partial charge in [-0.1, -0.05) is 12.1 Å². The van der Waals surface area contributed by atoms with Crippen molar-refractivity contribution < 1.29 is 9.53 Å². The fourth-order valence-electron chi connectivity index (χ4n) is 2.87. The van der Waals surface area contributed by atoms with Crippen LogP contribution in [0.1, 0.15) is 21.6 Å². The fraction of sp³-hybridized carbons (Fsp3) is 0.158. The third-order valence-corrected chi connectivity index (χ3v) is 4.28. The number of carbonyl (C=O) groups is 1. The van der Waals surface area contributed by atoms with E-state index in [9.17, 15) is 4.79 Å². The molecule has 0 fully saturated rings. The molecule has 1 amide bonds. The number of H-pyrrole nitrogens is 1. The number of fused-ring (bicyclic) bond motifs is 1. The minimum atomic E-state index is -0.125. The first-order valence-corrected chi connectivity index (χ1v) is 8.45. The lowest BCUT2D eigenvalue weighted by atomic mass is 10.1. The maximum atomic E-state index is 12.4. The molecule has 2 heterocycles. The van der Waals surface area contributed by atoms with E-state index in [2.05, 4.69) is 25.8 Å². The zero-order valence-electron chi connectivity index (χ0n) is 14.7. The molecule has 4 aromatic rings. The van der Waals surface area contributed by atoms with Gasteiger partial charge in [0.1, 0.15) is 12.1 Å². The van der Waals surface area contributed by atoms with E-state index in [1.807, 2.05) is 36.4 Å². The molecule has 2 aromatic heterocycles. The zero-order valence-corrected chi connectivity index (χ0v) is 14.7. The lowest BCUT2D eigenvalue weighted by Gasteiger charge is -2.05. The summed E-state index contributed by atoms with van der Waals surface area (Å²) >= 11 is 0. The molecule has 8 heteroatoms. The molecule has 0 aliphatic carbocycles. The number of nitrogens with zero attached hydrogens (tertiary/aromatic N) is 4. The summed E-state index contributed by atoms with van der Waals surface area (Å²) in [5.74, 6) is 0.680. The number of methoxy groups -OCH3 is 1. The van der Waals surface area contributed by atoms with Gasteiger partial charge in [-0.15, -0.1) is 5.10 Å². The summed E-state index contributed by atoms with van der Waals surface area (Å²) in [4.78, 5) is 15.7. The molecule has 27 heavy (non-hydrogen) atoms. The van der Waals surface area contributed by atoms with Gasteiger partial charge < -0.3 is 15.0 Å². The Morgan fingerprint density at radius 3 is 2.78 bits per heavy atom. The predicted octanol–water partition coefficient (Wildman–Crippen LogP) is 2.14. The van der Waals surface area contributed by atoms with Crippen LogP contribution in [0.25, 0.3) is 10.9 Å². The van der Waals surface area contributed by atoms with Crippen LogP contribution in [0.3, 0.4) is 0 Å². The standard InChI is InChI=1S/C19H18N6O2/c1-27-17-6-7-18-15(9-17)8-16(22-18)10-20-19(26)14-4-2-13(3-5-14)11-25-12-21-23-24-25/h2-9,12,22H,10-11H2,1H3,(H,20,26). The van der Waals surface area contributed by atoms with Crippen LogP contribution in [0.2, 0.25) is 0 Å². The van der Waals surface area contributed by atoms with Crippen LogP contribution in [0, 0.1) is 0 Å². The molecule has 0 spiro atoms. The summed E-state index contributed by atoms with van der Waals surface area (Å²) in [6.07, 6.45) is 1.55. The van der Waals surface area contributed by atoms with E-state index in [-0.39, 0.29) is 5.91 Å². The second-order valence-electron chi connectivity index (χ2n) is 6.13. The summed E-state index contributed by atoms with van der Waals surface area (Å²) in [5.41, 5.74) is 3.56. The third kappa shape index (κ3) is 3.79. The molecule has 0 bridgehead atoms. The highest BCUT2D eigenvalue weighted by Gasteiger charge is 2.08. The Bertz CT molecular complexity index is 1050. The van der Waals surface area contributed by atoms with Crippen molar-refractivity contribution in [2.45, 2.75) is 13.1 Å². The van der Waals surface area contributed by atoms with Gasteiger partial charge >= 0.3 is 0 Å². The summed E-state index contributed by atoms with van der Waals surface area (Å²) in [6.45, 7) is 0.982. The number of rotatable bonds is 6. The van der Waals surface area contributed by atoms with Crippen molar-refractivity contribution in [1.29, 1.82) is 0 Å². The molecule has 0 aliphatic rings. The molecule has 2 aromatic carbocycles. The Hall–Kier alpha value is -3.68. The molecule has 0 radical (unpaired) electrons. The van der Waals surface area contributed by atoms with Crippen molar-refractivity contribution in [1.82, 2.24) is 30.5 Å². The van der Waals surface area contributed by atoms with Crippen molar-refractivity contribution in [3.63, 3.8) is 0 Å². The monoisotopic (exact) mass is 362 g/mol. The number of aromatic amines is 1. The Morgan fingerprint density at radius 2 is 2.04 bits per heavy atom. The molecule has 0 unspecified atom stereocenters. The van der Waals surface area contributed by atoms with Crippen LogP contribution >= 0.6 is 0 Å². The van der Waals surface area contributed by atoms with Crippen LogP contribution in [0.4, 0.5) is 0 Å². The summed E-state index contributed by atoms with van der Waals surface area (Å²) in [5, 5.41) is 15.0. The average molecular weight is 362 g/mol. The summed E-state index contributed by atoms with van der Waals surface area (Å²) < 4.78 is 6.86. The van der Waals surface area contributed by atoms with E-state index in [0.29, 0.717) is 18.7 Å². The highest BCUT2D eigenvalue weighted by molar-refractivity contribution is 5.94. The predicted molar refractivity (Wildman–Crippen MR) is 99.4 cm³/mol. The Balaban J connectivity index is 1.38. The normalized spacial score (nSPS) is 10.9. The van der Waals surface area contributed by atoms with E-state index >= 15 is 0 Å². The number of carbonyl (C=O) groups excluding carboxylic acids is 1. The van der Waals surface area contributed by atoms with Crippen molar-refractivity contribution in [2.75, 3.05) is 7.11 Å². The molecule has 0 saturated carbocycles. The second-order valence-corrected chi connectivity index (χ2v) is 6.13. The topological polar surface area (TPSA) is 97.7 Å². The molecule has 0 aliphatic heterocycles. The molecule has 0 saturated heterocycles. The molecule has 8 nitrogen and oxygen atoms in total. The van der Waals surface area contributed by atoms with Gasteiger partial charge in [0.2, 0.25) is 0 Å². The summed E-state index contributed by atoms with van der Waals surface area (Å²) in [6, 6.07) is 15.2. The Morgan fingerprint density at radius 1 is 1.19 bits per heavy atom. The zero-order chi connectivity index (χ0) is 18.6. The quantitative estimate of drug-likeness (QED) is 0.548. The van der Waals surface area contributed by atoms with Gasteiger partial charge in [0, 0.05) is 22.2 Å². The van der Waals surface area contributed by atoms with Crippen LogP contribution in [0.5, 0.6) is 5.75 Å². The van der Waals surface area contributed by atoms with E-state index in [4.69, 9.17) is 4.74 Å². The lowest BCUT2D eigenvalue weighted by molar-refractivity contribution is 0.0950. The molecular weight excluding hydrogens is 344 g/mol. The molecule has 136 valence electrons. The van der Waals surface area contributed by atoms with Gasteiger partial charge in [0.15, 0.2) is 0 Å². The van der Waals surface area contributed by atoms with E-state index < -0.39 is 0 Å². The number of hydrogen-bond acceptors (Lipinski definition) is 5. The average Bonchev–Trinajstić information content (AvgIpc) is 3.35. The first kappa shape index (κ1) is 16.8. The number of aromatic nitrogens is 5. The van der Waals surface area contributed by atoms with Gasteiger partial charge in [-0.05, 0) is 52.4 Å². The van der Waals surface area contributed by atoms with Gasteiger partial charge in [-0.25, -0.2) is 4.68 Å². The maximum absolute atomic E-state index is 12.4. The van der Waals surface area contributed by atoms with Gasteiger partial charge in [0.05, 0.1) is 20.2 Å². The number of amides is 1. The minimum absolute atomic E-state index is 0.125. The largest absolute Gasteiger partial charge is 0.497 e. The number of hydrogen-bond donors (Lipinski definition) is 2. The highest BCUT2D eigenvalue weighted by atomic mass is 16.5. The molecule has 0 atom stereocenters. The fourth-order valence-corrected chi connectivity index (χ4v) is 2.87. The molecular formula is C19H18N6O2. The van der Waals surface area contributed by atoms with Gasteiger partial charge in [-0.2, -0.15) is 0 Å². The van der Waals surface area contributed by atoms with E-state index in [1.54, 1.807) is 30.3 Å². The number of nitrogens with one attached hydrogen (secondary N) is 2. The highest BCUT2D eigenvalue weighted by Crippen LogP contribution is 2.21. The number of benzene rings is 2. The van der Waals surface area contributed by atoms with Crippen molar-refractivity contribution in [3.8, 4) is 5.75 Å². The molecule has 2 N–H and O–H groups in total. The summed E-state index contributed by atoms with van der Waals surface area (Å²) in [7, 11) is 1.64. The van der Waals surface area contributed by atoms with Crippen LogP contribution in [-0.2, 0) is 13.1 Å². The Labute approximate surface area is 155 Å². The van der Waals surface area contributed by atoms with Crippen LogP contribution in [0.15, 0.2) is 54.9 Å². The first-order valence-electron chi connectivity index (χ1n) is 8.45. The second kappa shape index (κ2) is 7.28. The van der Waals surface area contributed by atoms with Crippen LogP contribution < -0.4 is 10.1 Å². The molecule has 4 rings (SSSR count). The van der Waals surface area contributed by atoms with Gasteiger partial charge in [-0.3, -0.25) is 4.79 Å². The van der Waals surface area contributed by atoms with Gasteiger partial charge in [0.25, 0.3) is 5.91 Å². The lowest BCUT2D eigenvalue weighted by Crippen LogP contribution is -2.22. The van der Waals surface area contributed by atoms with E-state index in [1.165, 1.54) is 0 Å². The van der Waals surface area contributed by atoms with E-state index in [0.717, 1.165) is 27.9 Å². The maximum Gasteiger partial charge on any atom is 0.251 e. The first-order chi connectivity index (χ1) is 13.2. The van der Waals surface area contributed by atoms with Crippen molar-refractivity contribution >= 4 is 16.8 Å². The third-order valence-electron chi connectivity index (χ3n) is 4.28. The smallest absolute Gasteiger partial charge is 0.251 e. The van der Waals surface area contributed by atoms with Crippen molar-refractivity contribution in [2.24, 2.45) is 0 Å².